The molecule has 5 nitrogen and oxygen atoms in total. The molecule has 0 amide bonds. The van der Waals surface area contributed by atoms with Crippen LogP contribution in [0.15, 0.2) is 43.0 Å². The molecule has 2 aromatic heterocycles. The molecule has 4 rings (SSSR count). The fraction of sp³-hybridized carbons (Fsp3) is 0.368. The summed E-state index contributed by atoms with van der Waals surface area (Å²) in [5.74, 6) is 0. The second kappa shape index (κ2) is 5.91. The lowest BCUT2D eigenvalue weighted by atomic mass is 9.85. The standard InChI is InChI=1S/C19H23N5/c1-13-17(21-11-20-13)19-18(14-7-5-4-6-8-14)22-12-24(19)16-9-15(10-16)23(2)3/h4-8,11-12,15-16H,9-10H2,1-3H3,(H,20,21). The van der Waals surface area contributed by atoms with E-state index in [0.29, 0.717) is 12.1 Å². The number of aromatic amines is 1. The SMILES string of the molecule is Cc1[nH]cnc1-c1c(-c2ccccc2)ncn1C1CC(N(C)C)C1. The Balaban J connectivity index is 1.78. The number of nitrogens with zero attached hydrogens (tertiary/aromatic N) is 4. The number of hydrogen-bond acceptors (Lipinski definition) is 3. The van der Waals surface area contributed by atoms with Gasteiger partial charge in [-0.1, -0.05) is 30.3 Å². The summed E-state index contributed by atoms with van der Waals surface area (Å²) in [5, 5.41) is 0. The van der Waals surface area contributed by atoms with Crippen molar-refractivity contribution in [2.24, 2.45) is 0 Å². The third-order valence-corrected chi connectivity index (χ3v) is 5.11. The van der Waals surface area contributed by atoms with Gasteiger partial charge in [-0.05, 0) is 33.9 Å². The van der Waals surface area contributed by atoms with Gasteiger partial charge in [0.05, 0.1) is 24.0 Å². The fourth-order valence-electron chi connectivity index (χ4n) is 3.49. The summed E-state index contributed by atoms with van der Waals surface area (Å²) in [7, 11) is 4.31. The Hall–Kier alpha value is -2.40. The Bertz CT molecular complexity index is 825. The number of aryl methyl sites for hydroxylation is 1. The number of hydrogen-bond donors (Lipinski definition) is 1. The molecule has 0 spiro atoms. The highest BCUT2D eigenvalue weighted by atomic mass is 15.2. The van der Waals surface area contributed by atoms with Crippen molar-refractivity contribution in [1.82, 2.24) is 24.4 Å². The summed E-state index contributed by atoms with van der Waals surface area (Å²) in [6.07, 6.45) is 6.07. The molecule has 0 bridgehead atoms. The van der Waals surface area contributed by atoms with Gasteiger partial charge in [-0.25, -0.2) is 9.97 Å². The molecule has 3 aromatic rings. The molecule has 0 radical (unpaired) electrons. The first-order valence-corrected chi connectivity index (χ1v) is 8.44. The Morgan fingerprint density at radius 1 is 1.08 bits per heavy atom. The van der Waals surface area contributed by atoms with Crippen LogP contribution in [-0.4, -0.2) is 44.6 Å². The number of H-pyrrole nitrogens is 1. The minimum absolute atomic E-state index is 0.494. The molecule has 0 unspecified atom stereocenters. The van der Waals surface area contributed by atoms with E-state index >= 15 is 0 Å². The lowest BCUT2D eigenvalue weighted by Gasteiger charge is -2.40. The predicted molar refractivity (Wildman–Crippen MR) is 95.7 cm³/mol. The lowest BCUT2D eigenvalue weighted by molar-refractivity contribution is 0.130. The summed E-state index contributed by atoms with van der Waals surface area (Å²) in [6, 6.07) is 11.5. The van der Waals surface area contributed by atoms with Gasteiger partial charge in [-0.2, -0.15) is 0 Å². The first-order valence-electron chi connectivity index (χ1n) is 8.44. The highest BCUT2D eigenvalue weighted by Gasteiger charge is 2.34. The van der Waals surface area contributed by atoms with Gasteiger partial charge >= 0.3 is 0 Å². The number of aromatic nitrogens is 4. The van der Waals surface area contributed by atoms with Crippen LogP contribution in [0.3, 0.4) is 0 Å². The van der Waals surface area contributed by atoms with Crippen LogP contribution in [0.25, 0.3) is 22.6 Å². The smallest absolute Gasteiger partial charge is 0.110 e. The van der Waals surface area contributed by atoms with E-state index in [1.165, 1.54) is 0 Å². The fourth-order valence-corrected chi connectivity index (χ4v) is 3.49. The molecule has 2 heterocycles. The zero-order valence-electron chi connectivity index (χ0n) is 14.4. The number of rotatable bonds is 4. The largest absolute Gasteiger partial charge is 0.348 e. The molecule has 0 aliphatic heterocycles. The van der Waals surface area contributed by atoms with Gasteiger partial charge < -0.3 is 14.5 Å². The van der Waals surface area contributed by atoms with Crippen LogP contribution in [0.4, 0.5) is 0 Å². The molecule has 124 valence electrons. The van der Waals surface area contributed by atoms with Crippen LogP contribution >= 0.6 is 0 Å². The topological polar surface area (TPSA) is 49.7 Å². The highest BCUT2D eigenvalue weighted by molar-refractivity contribution is 5.77. The first kappa shape index (κ1) is 15.1. The van der Waals surface area contributed by atoms with E-state index in [2.05, 4.69) is 64.7 Å². The van der Waals surface area contributed by atoms with Crippen molar-refractivity contribution in [3.63, 3.8) is 0 Å². The maximum Gasteiger partial charge on any atom is 0.110 e. The van der Waals surface area contributed by atoms with E-state index < -0.39 is 0 Å². The molecule has 0 atom stereocenters. The molecule has 0 saturated heterocycles. The van der Waals surface area contributed by atoms with Crippen molar-refractivity contribution in [2.75, 3.05) is 14.1 Å². The second-order valence-corrected chi connectivity index (χ2v) is 6.83. The van der Waals surface area contributed by atoms with Crippen LogP contribution in [0.5, 0.6) is 0 Å². The van der Waals surface area contributed by atoms with Crippen LogP contribution < -0.4 is 0 Å². The van der Waals surface area contributed by atoms with Crippen molar-refractivity contribution >= 4 is 0 Å². The van der Waals surface area contributed by atoms with Crippen molar-refractivity contribution in [3.05, 3.63) is 48.7 Å². The zero-order chi connectivity index (χ0) is 16.7. The van der Waals surface area contributed by atoms with Gasteiger partial charge in [0, 0.05) is 23.3 Å². The van der Waals surface area contributed by atoms with Crippen LogP contribution in [0.1, 0.15) is 24.6 Å². The molecule has 1 N–H and O–H groups in total. The minimum Gasteiger partial charge on any atom is -0.348 e. The highest BCUT2D eigenvalue weighted by Crippen LogP contribution is 2.41. The molecule has 5 heteroatoms. The van der Waals surface area contributed by atoms with Gasteiger partial charge in [0.25, 0.3) is 0 Å². The van der Waals surface area contributed by atoms with Crippen LogP contribution in [0.2, 0.25) is 0 Å². The summed E-state index contributed by atoms with van der Waals surface area (Å²) in [4.78, 5) is 14.8. The molecule has 24 heavy (non-hydrogen) atoms. The quantitative estimate of drug-likeness (QED) is 0.800. The van der Waals surface area contributed by atoms with E-state index in [4.69, 9.17) is 4.98 Å². The molecule has 1 aliphatic carbocycles. The average molecular weight is 321 g/mol. The number of benzene rings is 1. The van der Waals surface area contributed by atoms with Crippen molar-refractivity contribution in [1.29, 1.82) is 0 Å². The Morgan fingerprint density at radius 3 is 2.46 bits per heavy atom. The first-order chi connectivity index (χ1) is 11.6. The Kier molecular flexibility index (Phi) is 3.73. The predicted octanol–water partition coefficient (Wildman–Crippen LogP) is 3.51. The molecule has 1 aliphatic rings. The van der Waals surface area contributed by atoms with Gasteiger partial charge in [-0.15, -0.1) is 0 Å². The van der Waals surface area contributed by atoms with Gasteiger partial charge in [-0.3, -0.25) is 0 Å². The number of imidazole rings is 2. The molecular formula is C19H23N5. The normalized spacial score (nSPS) is 20.3. The third-order valence-electron chi connectivity index (χ3n) is 5.11. The molecule has 1 fully saturated rings. The molecular weight excluding hydrogens is 298 g/mol. The lowest BCUT2D eigenvalue weighted by Crippen LogP contribution is -2.41. The number of nitrogens with one attached hydrogen (secondary N) is 1. The zero-order valence-corrected chi connectivity index (χ0v) is 14.4. The van der Waals surface area contributed by atoms with E-state index in [9.17, 15) is 0 Å². The maximum absolute atomic E-state index is 4.75. The summed E-state index contributed by atoms with van der Waals surface area (Å²) >= 11 is 0. The van der Waals surface area contributed by atoms with E-state index in [-0.39, 0.29) is 0 Å². The van der Waals surface area contributed by atoms with Gasteiger partial charge in [0.1, 0.15) is 5.69 Å². The van der Waals surface area contributed by atoms with E-state index in [1.807, 2.05) is 12.4 Å². The van der Waals surface area contributed by atoms with Gasteiger partial charge in [0.2, 0.25) is 0 Å². The van der Waals surface area contributed by atoms with Crippen molar-refractivity contribution < 1.29 is 0 Å². The van der Waals surface area contributed by atoms with Crippen molar-refractivity contribution in [2.45, 2.75) is 31.8 Å². The van der Waals surface area contributed by atoms with Gasteiger partial charge in [0.15, 0.2) is 0 Å². The van der Waals surface area contributed by atoms with Crippen LogP contribution in [-0.2, 0) is 0 Å². The minimum atomic E-state index is 0.494. The summed E-state index contributed by atoms with van der Waals surface area (Å²) < 4.78 is 2.32. The van der Waals surface area contributed by atoms with E-state index in [0.717, 1.165) is 41.2 Å². The third kappa shape index (κ3) is 2.45. The Morgan fingerprint density at radius 2 is 1.83 bits per heavy atom. The van der Waals surface area contributed by atoms with Crippen LogP contribution in [0, 0.1) is 6.92 Å². The molecule has 1 aromatic carbocycles. The Labute approximate surface area is 142 Å². The summed E-state index contributed by atoms with van der Waals surface area (Å²) in [6.45, 7) is 2.07. The average Bonchev–Trinajstić information content (AvgIpc) is 3.12. The summed E-state index contributed by atoms with van der Waals surface area (Å²) in [5.41, 5.74) is 5.36. The monoisotopic (exact) mass is 321 g/mol. The second-order valence-electron chi connectivity index (χ2n) is 6.83. The van der Waals surface area contributed by atoms with E-state index in [1.54, 1.807) is 6.33 Å². The maximum atomic E-state index is 4.75. The van der Waals surface area contributed by atoms with Crippen molar-refractivity contribution in [3.8, 4) is 22.6 Å². The molecule has 1 saturated carbocycles.